The second kappa shape index (κ2) is 9.17. The van der Waals surface area contributed by atoms with Crippen LogP contribution < -0.4 is 5.32 Å². The first-order chi connectivity index (χ1) is 15.7. The second-order valence-corrected chi connectivity index (χ2v) is 9.03. The van der Waals surface area contributed by atoms with Gasteiger partial charge in [0, 0.05) is 28.3 Å². The van der Waals surface area contributed by atoms with Crippen LogP contribution in [0.2, 0.25) is 5.02 Å². The van der Waals surface area contributed by atoms with Gasteiger partial charge in [0.15, 0.2) is 0 Å². The van der Waals surface area contributed by atoms with Gasteiger partial charge in [-0.05, 0) is 48.6 Å². The van der Waals surface area contributed by atoms with Gasteiger partial charge in [0.25, 0.3) is 0 Å². The largest absolute Gasteiger partial charge is 0.342 e. The van der Waals surface area contributed by atoms with Crippen molar-refractivity contribution in [2.24, 2.45) is 16.9 Å². The zero-order valence-corrected chi connectivity index (χ0v) is 18.6. The Hall–Kier alpha value is -3.11. The maximum Gasteiger partial charge on any atom is 0.342 e. The fourth-order valence-corrected chi connectivity index (χ4v) is 5.25. The smallest absolute Gasteiger partial charge is 0.306 e. The van der Waals surface area contributed by atoms with Crippen molar-refractivity contribution in [3.63, 3.8) is 0 Å². The standard InChI is InChI=1S/C27H26ClN3O/c28-22-14-8-15-23(18-22)29-27(32)31-26(20-11-5-2-6-12-20)24-16-7-13-21(25(24)30-31)17-19-9-3-1-4-10-19/h1-6,8-12,14-15,18,21,24,26H,7,13,16-17H2,(H,29,32)/t21-,24+,26-/m0/s1. The number of carbonyl (C=O) groups excluding carboxylic acids is 1. The molecule has 4 nitrogen and oxygen atoms in total. The monoisotopic (exact) mass is 443 g/mol. The van der Waals surface area contributed by atoms with E-state index in [1.54, 1.807) is 17.1 Å². The minimum atomic E-state index is -0.221. The molecule has 0 unspecified atom stereocenters. The molecule has 1 N–H and O–H groups in total. The van der Waals surface area contributed by atoms with Gasteiger partial charge in [0.1, 0.15) is 0 Å². The summed E-state index contributed by atoms with van der Waals surface area (Å²) in [5.74, 6) is 0.594. The lowest BCUT2D eigenvalue weighted by Gasteiger charge is -2.32. The third-order valence-corrected chi connectivity index (χ3v) is 6.72. The number of nitrogens with one attached hydrogen (secondary N) is 1. The Morgan fingerprint density at radius 1 is 0.969 bits per heavy atom. The number of halogens is 1. The number of benzene rings is 3. The van der Waals surface area contributed by atoms with E-state index in [2.05, 4.69) is 41.7 Å². The SMILES string of the molecule is O=C(Nc1cccc(Cl)c1)N1N=C2[C@H](Cc3ccccc3)CCC[C@H]2[C@@H]1c1ccccc1. The van der Waals surface area contributed by atoms with Gasteiger partial charge in [0.05, 0.1) is 6.04 Å². The Morgan fingerprint density at radius 3 is 2.47 bits per heavy atom. The molecule has 0 spiro atoms. The molecule has 32 heavy (non-hydrogen) atoms. The van der Waals surface area contributed by atoms with Crippen molar-refractivity contribution in [1.29, 1.82) is 0 Å². The molecule has 1 saturated carbocycles. The lowest BCUT2D eigenvalue weighted by Crippen LogP contribution is -2.35. The van der Waals surface area contributed by atoms with Crippen LogP contribution in [-0.4, -0.2) is 16.8 Å². The topological polar surface area (TPSA) is 44.7 Å². The first kappa shape index (κ1) is 20.8. The van der Waals surface area contributed by atoms with Crippen LogP contribution in [-0.2, 0) is 6.42 Å². The highest BCUT2D eigenvalue weighted by molar-refractivity contribution is 6.30. The quantitative estimate of drug-likeness (QED) is 0.466. The third kappa shape index (κ3) is 4.28. The highest BCUT2D eigenvalue weighted by Crippen LogP contribution is 2.45. The maximum atomic E-state index is 13.4. The zero-order valence-electron chi connectivity index (χ0n) is 17.8. The van der Waals surface area contributed by atoms with Crippen LogP contribution in [0, 0.1) is 11.8 Å². The van der Waals surface area contributed by atoms with Crippen LogP contribution >= 0.6 is 11.6 Å². The highest BCUT2D eigenvalue weighted by Gasteiger charge is 2.45. The van der Waals surface area contributed by atoms with Crippen molar-refractivity contribution in [2.75, 3.05) is 5.32 Å². The number of fused-ring (bicyclic) bond motifs is 1. The summed E-state index contributed by atoms with van der Waals surface area (Å²) in [5.41, 5.74) is 4.28. The Bertz CT molecular complexity index is 1120. The molecule has 0 bridgehead atoms. The summed E-state index contributed by atoms with van der Waals surface area (Å²) in [6.07, 6.45) is 4.26. The van der Waals surface area contributed by atoms with Gasteiger partial charge < -0.3 is 5.32 Å². The Labute approximate surface area is 193 Å². The van der Waals surface area contributed by atoms with E-state index >= 15 is 0 Å². The number of hydrazone groups is 1. The average molecular weight is 444 g/mol. The number of nitrogens with zero attached hydrogens (tertiary/aromatic N) is 2. The van der Waals surface area contributed by atoms with Crippen LogP contribution in [0.25, 0.3) is 0 Å². The first-order valence-corrected chi connectivity index (χ1v) is 11.6. The van der Waals surface area contributed by atoms with Gasteiger partial charge in [-0.25, -0.2) is 9.80 Å². The van der Waals surface area contributed by atoms with Gasteiger partial charge in [0.2, 0.25) is 0 Å². The fraction of sp³-hybridized carbons (Fsp3) is 0.259. The molecule has 2 amide bonds. The summed E-state index contributed by atoms with van der Waals surface area (Å²) < 4.78 is 0. The van der Waals surface area contributed by atoms with Crippen molar-refractivity contribution in [3.8, 4) is 0 Å². The number of hydrogen-bond donors (Lipinski definition) is 1. The molecule has 3 aromatic rings. The Kier molecular flexibility index (Phi) is 5.95. The van der Waals surface area contributed by atoms with E-state index in [4.69, 9.17) is 16.7 Å². The van der Waals surface area contributed by atoms with Crippen molar-refractivity contribution in [3.05, 3.63) is 101 Å². The van der Waals surface area contributed by atoms with E-state index in [0.717, 1.165) is 37.0 Å². The van der Waals surface area contributed by atoms with Crippen LogP contribution in [0.3, 0.4) is 0 Å². The second-order valence-electron chi connectivity index (χ2n) is 8.59. The van der Waals surface area contributed by atoms with E-state index in [1.807, 2.05) is 36.4 Å². The van der Waals surface area contributed by atoms with Gasteiger partial charge in [-0.1, -0.05) is 84.8 Å². The molecule has 3 atom stereocenters. The van der Waals surface area contributed by atoms with E-state index in [0.29, 0.717) is 16.6 Å². The molecule has 5 heteroatoms. The minimum Gasteiger partial charge on any atom is -0.306 e. The molecule has 1 fully saturated rings. The number of amides is 2. The van der Waals surface area contributed by atoms with Crippen LogP contribution in [0.1, 0.15) is 36.4 Å². The fourth-order valence-electron chi connectivity index (χ4n) is 5.06. The molecule has 1 aliphatic heterocycles. The lowest BCUT2D eigenvalue weighted by molar-refractivity contribution is 0.187. The Balaban J connectivity index is 1.46. The number of carbonyl (C=O) groups is 1. The Morgan fingerprint density at radius 2 is 1.72 bits per heavy atom. The van der Waals surface area contributed by atoms with Crippen LogP contribution in [0.5, 0.6) is 0 Å². The third-order valence-electron chi connectivity index (χ3n) is 6.48. The molecule has 1 heterocycles. The highest BCUT2D eigenvalue weighted by atomic mass is 35.5. The normalized spacial score (nSPS) is 22.2. The molecule has 2 aliphatic rings. The molecule has 0 radical (unpaired) electrons. The molecule has 162 valence electrons. The van der Waals surface area contributed by atoms with E-state index < -0.39 is 0 Å². The summed E-state index contributed by atoms with van der Waals surface area (Å²) in [6.45, 7) is 0. The minimum absolute atomic E-state index is 0.0936. The predicted octanol–water partition coefficient (Wildman–Crippen LogP) is 6.94. The molecule has 0 aromatic heterocycles. The number of anilines is 1. The predicted molar refractivity (Wildman–Crippen MR) is 130 cm³/mol. The van der Waals surface area contributed by atoms with Gasteiger partial charge in [-0.2, -0.15) is 5.10 Å². The van der Waals surface area contributed by atoms with E-state index in [-0.39, 0.29) is 18.0 Å². The first-order valence-electron chi connectivity index (χ1n) is 11.2. The summed E-state index contributed by atoms with van der Waals surface area (Å²) in [7, 11) is 0. The number of urea groups is 1. The van der Waals surface area contributed by atoms with Crippen molar-refractivity contribution < 1.29 is 4.79 Å². The van der Waals surface area contributed by atoms with Gasteiger partial charge in [-0.15, -0.1) is 0 Å². The molecule has 1 aliphatic carbocycles. The maximum absolute atomic E-state index is 13.4. The van der Waals surface area contributed by atoms with Crippen molar-refractivity contribution in [2.45, 2.75) is 31.7 Å². The molecule has 5 rings (SSSR count). The van der Waals surface area contributed by atoms with Crippen LogP contribution in [0.15, 0.2) is 90.0 Å². The van der Waals surface area contributed by atoms with Gasteiger partial charge >= 0.3 is 6.03 Å². The lowest BCUT2D eigenvalue weighted by atomic mass is 9.73. The molecule has 0 saturated heterocycles. The molecule has 3 aromatic carbocycles. The van der Waals surface area contributed by atoms with Crippen molar-refractivity contribution >= 4 is 29.0 Å². The molecular formula is C27H26ClN3O. The summed E-state index contributed by atoms with van der Waals surface area (Å²) in [5, 5.41) is 10.2. The van der Waals surface area contributed by atoms with E-state index in [9.17, 15) is 4.79 Å². The van der Waals surface area contributed by atoms with Crippen LogP contribution in [0.4, 0.5) is 10.5 Å². The average Bonchev–Trinajstić information content (AvgIpc) is 3.21. The van der Waals surface area contributed by atoms with Gasteiger partial charge in [-0.3, -0.25) is 0 Å². The van der Waals surface area contributed by atoms with Crippen molar-refractivity contribution in [1.82, 2.24) is 5.01 Å². The number of hydrogen-bond acceptors (Lipinski definition) is 2. The number of rotatable bonds is 4. The zero-order chi connectivity index (χ0) is 21.9. The summed E-state index contributed by atoms with van der Waals surface area (Å²) in [4.78, 5) is 13.4. The van der Waals surface area contributed by atoms with E-state index in [1.165, 1.54) is 5.56 Å². The summed E-state index contributed by atoms with van der Waals surface area (Å²) in [6, 6.07) is 27.8. The summed E-state index contributed by atoms with van der Waals surface area (Å²) >= 11 is 6.12. The molecular weight excluding hydrogens is 418 g/mol.